The number of ether oxygens (including phenoxy) is 2. The van der Waals surface area contributed by atoms with E-state index >= 15 is 0 Å². The SMILES string of the molecule is CCOc1cc(/C=C2\SC(=Nc3c(C)cccc3C)NC2=O)ccc1OCC(C)C. The maximum atomic E-state index is 12.5. The number of carbonyl (C=O) groups excluding carboxylic acids is 1. The lowest BCUT2D eigenvalue weighted by Crippen LogP contribution is -2.19. The topological polar surface area (TPSA) is 59.9 Å². The second-order valence-corrected chi connectivity index (χ2v) is 8.60. The monoisotopic (exact) mass is 424 g/mol. The summed E-state index contributed by atoms with van der Waals surface area (Å²) in [5.74, 6) is 1.67. The van der Waals surface area contributed by atoms with Gasteiger partial charge in [0.2, 0.25) is 0 Å². The first-order chi connectivity index (χ1) is 14.4. The first-order valence-electron chi connectivity index (χ1n) is 10.1. The van der Waals surface area contributed by atoms with Gasteiger partial charge < -0.3 is 14.8 Å². The summed E-state index contributed by atoms with van der Waals surface area (Å²) in [5.41, 5.74) is 3.93. The van der Waals surface area contributed by atoms with Gasteiger partial charge in [-0.05, 0) is 73.4 Å². The van der Waals surface area contributed by atoms with E-state index in [4.69, 9.17) is 9.47 Å². The lowest BCUT2D eigenvalue weighted by Gasteiger charge is -2.14. The summed E-state index contributed by atoms with van der Waals surface area (Å²) in [6.07, 6.45) is 1.85. The number of hydrogen-bond donors (Lipinski definition) is 1. The van der Waals surface area contributed by atoms with Crippen LogP contribution in [-0.2, 0) is 4.79 Å². The van der Waals surface area contributed by atoms with E-state index in [0.29, 0.717) is 40.7 Å². The first-order valence-corrected chi connectivity index (χ1v) is 10.9. The summed E-state index contributed by atoms with van der Waals surface area (Å²) in [6, 6.07) is 11.8. The summed E-state index contributed by atoms with van der Waals surface area (Å²) in [5, 5.41) is 3.45. The van der Waals surface area contributed by atoms with Gasteiger partial charge >= 0.3 is 0 Å². The quantitative estimate of drug-likeness (QED) is 0.585. The number of carbonyl (C=O) groups is 1. The van der Waals surface area contributed by atoms with Gasteiger partial charge in [-0.1, -0.05) is 38.1 Å². The Labute approximate surface area is 182 Å². The van der Waals surface area contributed by atoms with Crippen LogP contribution in [0.3, 0.4) is 0 Å². The van der Waals surface area contributed by atoms with Crippen molar-refractivity contribution < 1.29 is 14.3 Å². The Hall–Kier alpha value is -2.73. The van der Waals surface area contributed by atoms with Crippen LogP contribution in [0.25, 0.3) is 6.08 Å². The molecule has 1 heterocycles. The third-order valence-electron chi connectivity index (χ3n) is 4.44. The van der Waals surface area contributed by atoms with E-state index in [0.717, 1.165) is 22.4 Å². The number of nitrogens with one attached hydrogen (secondary N) is 1. The number of amidine groups is 1. The zero-order valence-electron chi connectivity index (χ0n) is 18.1. The van der Waals surface area contributed by atoms with Crippen molar-refractivity contribution >= 4 is 34.6 Å². The van der Waals surface area contributed by atoms with Crippen molar-refractivity contribution in [3.8, 4) is 11.5 Å². The Morgan fingerprint density at radius 2 is 1.83 bits per heavy atom. The average molecular weight is 425 g/mol. The van der Waals surface area contributed by atoms with Gasteiger partial charge in [0.1, 0.15) is 0 Å². The molecule has 3 rings (SSSR count). The number of nitrogens with zero attached hydrogens (tertiary/aromatic N) is 1. The number of thioether (sulfide) groups is 1. The summed E-state index contributed by atoms with van der Waals surface area (Å²) < 4.78 is 11.6. The number of hydrogen-bond acceptors (Lipinski definition) is 5. The molecule has 5 nitrogen and oxygen atoms in total. The van der Waals surface area contributed by atoms with Crippen LogP contribution in [0.4, 0.5) is 5.69 Å². The molecule has 1 fully saturated rings. The number of aliphatic imine (C=N–C) groups is 1. The highest BCUT2D eigenvalue weighted by atomic mass is 32.2. The lowest BCUT2D eigenvalue weighted by atomic mass is 10.1. The highest BCUT2D eigenvalue weighted by molar-refractivity contribution is 8.18. The Morgan fingerprint density at radius 1 is 1.10 bits per heavy atom. The van der Waals surface area contributed by atoms with Crippen LogP contribution in [0, 0.1) is 19.8 Å². The normalized spacial score (nSPS) is 16.4. The molecule has 1 saturated heterocycles. The van der Waals surface area contributed by atoms with E-state index in [9.17, 15) is 4.79 Å². The minimum absolute atomic E-state index is 0.150. The maximum Gasteiger partial charge on any atom is 0.264 e. The van der Waals surface area contributed by atoms with Crippen molar-refractivity contribution in [2.75, 3.05) is 13.2 Å². The molecule has 0 atom stereocenters. The average Bonchev–Trinajstić information content (AvgIpc) is 3.03. The Morgan fingerprint density at radius 3 is 2.50 bits per heavy atom. The first kappa shape index (κ1) is 22.0. The van der Waals surface area contributed by atoms with E-state index in [1.165, 1.54) is 11.8 Å². The van der Waals surface area contributed by atoms with Crippen LogP contribution in [0.1, 0.15) is 37.5 Å². The Bertz CT molecular complexity index is 976. The molecule has 1 N–H and O–H groups in total. The van der Waals surface area contributed by atoms with Gasteiger partial charge in [0.25, 0.3) is 5.91 Å². The molecule has 0 radical (unpaired) electrons. The summed E-state index contributed by atoms with van der Waals surface area (Å²) in [6.45, 7) is 11.3. The predicted octanol–water partition coefficient (Wildman–Crippen LogP) is 5.63. The van der Waals surface area contributed by atoms with Gasteiger partial charge in [0.15, 0.2) is 16.7 Å². The van der Waals surface area contributed by atoms with Crippen LogP contribution in [-0.4, -0.2) is 24.3 Å². The molecule has 0 saturated carbocycles. The molecule has 6 heteroatoms. The zero-order valence-corrected chi connectivity index (χ0v) is 18.9. The fourth-order valence-corrected chi connectivity index (χ4v) is 3.80. The fraction of sp³-hybridized carbons (Fsp3) is 0.333. The summed E-state index contributed by atoms with van der Waals surface area (Å²) in [4.78, 5) is 17.7. The molecular weight excluding hydrogens is 396 g/mol. The molecule has 2 aromatic rings. The molecule has 2 aromatic carbocycles. The fourth-order valence-electron chi connectivity index (χ4n) is 2.97. The van der Waals surface area contributed by atoms with Crippen LogP contribution in [0.2, 0.25) is 0 Å². The maximum absolute atomic E-state index is 12.5. The molecule has 0 bridgehead atoms. The van der Waals surface area contributed by atoms with Crippen LogP contribution >= 0.6 is 11.8 Å². The zero-order chi connectivity index (χ0) is 21.7. The van der Waals surface area contributed by atoms with Gasteiger partial charge in [-0.2, -0.15) is 0 Å². The number of rotatable bonds is 7. The molecule has 0 aliphatic carbocycles. The van der Waals surface area contributed by atoms with Crippen LogP contribution < -0.4 is 14.8 Å². The second-order valence-electron chi connectivity index (χ2n) is 7.57. The number of para-hydroxylation sites is 1. The minimum atomic E-state index is -0.150. The third kappa shape index (κ3) is 5.45. The summed E-state index contributed by atoms with van der Waals surface area (Å²) in [7, 11) is 0. The van der Waals surface area contributed by atoms with E-state index in [1.54, 1.807) is 0 Å². The molecule has 1 aliphatic rings. The van der Waals surface area contributed by atoms with Crippen molar-refractivity contribution in [3.63, 3.8) is 0 Å². The Kier molecular flexibility index (Phi) is 7.21. The standard InChI is InChI=1S/C24H28N2O3S/c1-6-28-20-12-18(10-11-19(20)29-14-15(2)3)13-21-23(27)26-24(30-21)25-22-16(4)8-7-9-17(22)5/h7-13,15H,6,14H2,1-5H3,(H,25,26,27)/b21-13-. The number of amides is 1. The molecule has 158 valence electrons. The van der Waals surface area contributed by atoms with Gasteiger partial charge in [0.05, 0.1) is 23.8 Å². The van der Waals surface area contributed by atoms with E-state index in [-0.39, 0.29) is 5.91 Å². The highest BCUT2D eigenvalue weighted by Crippen LogP contribution is 2.33. The van der Waals surface area contributed by atoms with Crippen molar-refractivity contribution in [3.05, 3.63) is 58.0 Å². The molecule has 0 aromatic heterocycles. The van der Waals surface area contributed by atoms with E-state index in [1.807, 2.05) is 63.2 Å². The molecule has 0 unspecified atom stereocenters. The molecule has 1 amide bonds. The van der Waals surface area contributed by atoms with Crippen molar-refractivity contribution in [2.45, 2.75) is 34.6 Å². The van der Waals surface area contributed by atoms with Crippen LogP contribution in [0.5, 0.6) is 11.5 Å². The predicted molar refractivity (Wildman–Crippen MR) is 125 cm³/mol. The molecular formula is C24H28N2O3S. The molecule has 1 aliphatic heterocycles. The van der Waals surface area contributed by atoms with E-state index < -0.39 is 0 Å². The Balaban J connectivity index is 1.83. The van der Waals surface area contributed by atoms with Gasteiger partial charge in [0, 0.05) is 0 Å². The lowest BCUT2D eigenvalue weighted by molar-refractivity contribution is -0.115. The van der Waals surface area contributed by atoms with Crippen LogP contribution in [0.15, 0.2) is 46.3 Å². The van der Waals surface area contributed by atoms with Crippen molar-refractivity contribution in [1.82, 2.24) is 5.32 Å². The van der Waals surface area contributed by atoms with Gasteiger partial charge in [-0.25, -0.2) is 4.99 Å². The van der Waals surface area contributed by atoms with E-state index in [2.05, 4.69) is 24.2 Å². The number of benzene rings is 2. The largest absolute Gasteiger partial charge is 0.490 e. The third-order valence-corrected chi connectivity index (χ3v) is 5.35. The highest BCUT2D eigenvalue weighted by Gasteiger charge is 2.24. The molecule has 0 spiro atoms. The summed E-state index contributed by atoms with van der Waals surface area (Å²) >= 11 is 1.34. The number of aryl methyl sites for hydroxylation is 2. The minimum Gasteiger partial charge on any atom is -0.490 e. The smallest absolute Gasteiger partial charge is 0.264 e. The molecule has 30 heavy (non-hydrogen) atoms. The van der Waals surface area contributed by atoms with Crippen molar-refractivity contribution in [2.24, 2.45) is 10.9 Å². The van der Waals surface area contributed by atoms with Gasteiger partial charge in [-0.3, -0.25) is 4.79 Å². The van der Waals surface area contributed by atoms with Crippen molar-refractivity contribution in [1.29, 1.82) is 0 Å². The van der Waals surface area contributed by atoms with Gasteiger partial charge in [-0.15, -0.1) is 0 Å². The second kappa shape index (κ2) is 9.85.